The van der Waals surface area contributed by atoms with Crippen LogP contribution in [0.25, 0.3) is 0 Å². The Morgan fingerprint density at radius 1 is 0.789 bits per heavy atom. The topological polar surface area (TPSA) is 217 Å². The molecule has 1 rings (SSSR count). The number of hydrogen-bond donors (Lipinski definition) is 0. The zero-order valence-corrected chi connectivity index (χ0v) is 23.0. The summed E-state index contributed by atoms with van der Waals surface area (Å²) in [7, 11) is -10.0. The summed E-state index contributed by atoms with van der Waals surface area (Å²) >= 11 is 0. The van der Waals surface area contributed by atoms with E-state index in [0.29, 0.717) is 5.06 Å². The number of Topliss-reactive ketones (excluding diaryl/α,β-unsaturated/α-hetero) is 2. The van der Waals surface area contributed by atoms with Gasteiger partial charge < -0.3 is 4.84 Å². The number of amides is 2. The smallest absolute Gasteiger partial charge is 0.330 e. The second-order valence-corrected chi connectivity index (χ2v) is 13.4. The molecular weight excluding hydrogens is 570 g/mol. The van der Waals surface area contributed by atoms with Gasteiger partial charge in [0.1, 0.15) is 5.78 Å². The normalized spacial score (nSPS) is 13.1. The zero-order valence-electron chi connectivity index (χ0n) is 21.6. The number of ketones is 2. The SMILES string of the molecule is C=CS(=O)(=O)CCC(=O)C=O.C=CS(=O)(=O)CCC(=O)ON1C(=O)CCC1=O.C=CS(=O)(=O)CCC(C)=O.[H+]. The second-order valence-electron chi connectivity index (χ2n) is 7.18. The highest BCUT2D eigenvalue weighted by Gasteiger charge is 2.32. The molecule has 14 nitrogen and oxygen atoms in total. The van der Waals surface area contributed by atoms with Crippen LogP contribution < -0.4 is 0 Å². The lowest BCUT2D eigenvalue weighted by atomic mass is 10.3. The monoisotopic (exact) mass is 600 g/mol. The fourth-order valence-corrected chi connectivity index (χ4v) is 3.88. The number of nitrogens with zero attached hydrogens (tertiary/aromatic N) is 1. The van der Waals surface area contributed by atoms with E-state index in [1.54, 1.807) is 0 Å². The molecule has 0 spiro atoms. The van der Waals surface area contributed by atoms with E-state index < -0.39 is 65.3 Å². The largest absolute Gasteiger partial charge is 1.00 e. The number of carbonyl (C=O) groups excluding carboxylic acids is 6. The van der Waals surface area contributed by atoms with E-state index in [9.17, 15) is 54.0 Å². The van der Waals surface area contributed by atoms with Gasteiger partial charge in [-0.2, -0.15) is 0 Å². The van der Waals surface area contributed by atoms with Gasteiger partial charge in [0, 0.05) is 41.9 Å². The van der Waals surface area contributed by atoms with Gasteiger partial charge in [-0.15, -0.1) is 5.06 Å². The average Bonchev–Trinajstić information content (AvgIpc) is 3.17. The van der Waals surface area contributed by atoms with Crippen molar-refractivity contribution < 1.29 is 60.3 Å². The maximum absolute atomic E-state index is 11.2. The summed E-state index contributed by atoms with van der Waals surface area (Å²) in [6.45, 7) is 10.6. The molecule has 0 unspecified atom stereocenters. The van der Waals surface area contributed by atoms with Gasteiger partial charge in [-0.1, -0.05) is 19.7 Å². The minimum Gasteiger partial charge on any atom is -0.330 e. The van der Waals surface area contributed by atoms with Gasteiger partial charge in [0.05, 0.1) is 23.7 Å². The molecule has 0 aromatic carbocycles. The van der Waals surface area contributed by atoms with E-state index in [-0.39, 0.29) is 50.7 Å². The van der Waals surface area contributed by atoms with Gasteiger partial charge in [0.15, 0.2) is 41.6 Å². The van der Waals surface area contributed by atoms with Crippen LogP contribution in [0.2, 0.25) is 0 Å². The van der Waals surface area contributed by atoms with Gasteiger partial charge in [-0.05, 0) is 6.92 Å². The summed E-state index contributed by atoms with van der Waals surface area (Å²) in [5, 5.41) is 2.75. The van der Waals surface area contributed by atoms with Crippen LogP contribution in [-0.2, 0) is 63.1 Å². The molecule has 0 radical (unpaired) electrons. The summed E-state index contributed by atoms with van der Waals surface area (Å²) in [4.78, 5) is 68.2. The summed E-state index contributed by atoms with van der Waals surface area (Å²) in [6.07, 6.45) is -0.523. The van der Waals surface area contributed by atoms with Crippen molar-refractivity contribution in [2.75, 3.05) is 17.3 Å². The van der Waals surface area contributed by atoms with Crippen LogP contribution in [0.1, 0.15) is 40.5 Å². The van der Waals surface area contributed by atoms with Crippen molar-refractivity contribution in [3.8, 4) is 0 Å². The van der Waals surface area contributed by atoms with Crippen molar-refractivity contribution in [2.45, 2.75) is 39.0 Å². The highest BCUT2D eigenvalue weighted by Crippen LogP contribution is 2.12. The van der Waals surface area contributed by atoms with Crippen molar-refractivity contribution in [2.24, 2.45) is 0 Å². The summed E-state index contributed by atoms with van der Waals surface area (Å²) in [5.74, 6) is -3.91. The first-order valence-corrected chi connectivity index (χ1v) is 15.6. The molecule has 0 saturated carbocycles. The van der Waals surface area contributed by atoms with Crippen LogP contribution >= 0.6 is 0 Å². The molecule has 0 aliphatic carbocycles. The van der Waals surface area contributed by atoms with Gasteiger partial charge >= 0.3 is 7.40 Å². The highest BCUT2D eigenvalue weighted by atomic mass is 32.2. The predicted octanol–water partition coefficient (Wildman–Crippen LogP) is -0.119. The molecule has 17 heteroatoms. The third-order valence-electron chi connectivity index (χ3n) is 4.05. The van der Waals surface area contributed by atoms with Crippen molar-refractivity contribution in [3.63, 3.8) is 0 Å². The number of imide groups is 1. The van der Waals surface area contributed by atoms with E-state index in [1.807, 2.05) is 0 Å². The van der Waals surface area contributed by atoms with Gasteiger partial charge in [0.2, 0.25) is 0 Å². The maximum Gasteiger partial charge on any atom is 1.00 e. The highest BCUT2D eigenvalue weighted by molar-refractivity contribution is 7.94. The minimum atomic E-state index is -3.50. The molecular formula is C21H30NO13S3+. The Morgan fingerprint density at radius 3 is 1.50 bits per heavy atom. The Kier molecular flexibility index (Phi) is 16.7. The summed E-state index contributed by atoms with van der Waals surface area (Å²) < 4.78 is 64.5. The average molecular weight is 601 g/mol. The Morgan fingerprint density at radius 2 is 1.16 bits per heavy atom. The molecule has 38 heavy (non-hydrogen) atoms. The molecule has 2 amide bonds. The Balaban J connectivity index is -0.000000518. The maximum atomic E-state index is 11.2. The van der Waals surface area contributed by atoms with Gasteiger partial charge in [-0.25, -0.2) is 30.0 Å². The predicted molar refractivity (Wildman–Crippen MR) is 136 cm³/mol. The quantitative estimate of drug-likeness (QED) is 0.144. The Hall–Kier alpha value is -3.31. The standard InChI is InChI=1S/C9H11NO6S.C6H8O4S.C6H10O3S/c1-2-17(14,15)6-5-9(13)16-10-7(11)3-4-8(10)12;1-2-11(9,10)4-3-6(8)5-7;1-3-10(8,9)5-4-6(2)7/h2H,1,3-6H2;2,5H,1,3-4H2;3H,1,4-5H2,2H3/p+1. The number of hydrogen-bond acceptors (Lipinski definition) is 13. The fourth-order valence-electron chi connectivity index (χ4n) is 1.87. The third-order valence-corrected chi connectivity index (χ3v) is 7.90. The molecule has 1 saturated heterocycles. The van der Waals surface area contributed by atoms with E-state index >= 15 is 0 Å². The van der Waals surface area contributed by atoms with Crippen LogP contribution in [0.15, 0.2) is 36.0 Å². The number of rotatable bonds is 14. The molecule has 0 bridgehead atoms. The number of carbonyl (C=O) groups is 6. The first-order chi connectivity index (χ1) is 17.3. The molecule has 1 aliphatic heterocycles. The van der Waals surface area contributed by atoms with E-state index in [0.717, 1.165) is 16.2 Å². The van der Waals surface area contributed by atoms with Crippen molar-refractivity contribution in [3.05, 3.63) is 36.0 Å². The lowest BCUT2D eigenvalue weighted by Gasteiger charge is -2.11. The Labute approximate surface area is 222 Å². The molecule has 1 heterocycles. The van der Waals surface area contributed by atoms with E-state index in [2.05, 4.69) is 24.6 Å². The summed E-state index contributed by atoms with van der Waals surface area (Å²) in [5.41, 5.74) is 0. The lowest BCUT2D eigenvalue weighted by molar-refractivity contribution is -0.197. The van der Waals surface area contributed by atoms with Crippen molar-refractivity contribution in [1.82, 2.24) is 5.06 Å². The van der Waals surface area contributed by atoms with E-state index in [1.165, 1.54) is 6.92 Å². The lowest BCUT2D eigenvalue weighted by Crippen LogP contribution is -2.32. The molecule has 1 aliphatic rings. The molecule has 0 aromatic rings. The van der Waals surface area contributed by atoms with Gasteiger partial charge in [-0.3, -0.25) is 24.0 Å². The van der Waals surface area contributed by atoms with Crippen molar-refractivity contribution in [1.29, 1.82) is 0 Å². The third kappa shape index (κ3) is 18.0. The number of aldehydes is 1. The zero-order chi connectivity index (χ0) is 30.2. The first kappa shape index (κ1) is 36.8. The second kappa shape index (κ2) is 17.2. The molecule has 214 valence electrons. The molecule has 0 aromatic heterocycles. The minimum absolute atomic E-state index is 0. The summed E-state index contributed by atoms with van der Waals surface area (Å²) in [6, 6.07) is 0. The fraction of sp³-hybridized carbons (Fsp3) is 0.429. The van der Waals surface area contributed by atoms with Crippen LogP contribution in [0, 0.1) is 0 Å². The van der Waals surface area contributed by atoms with Crippen LogP contribution in [-0.4, -0.2) is 83.2 Å². The van der Waals surface area contributed by atoms with Crippen LogP contribution in [0.5, 0.6) is 0 Å². The van der Waals surface area contributed by atoms with Crippen LogP contribution in [0.4, 0.5) is 0 Å². The van der Waals surface area contributed by atoms with Crippen molar-refractivity contribution >= 4 is 65.1 Å². The van der Waals surface area contributed by atoms with Crippen LogP contribution in [0.3, 0.4) is 0 Å². The number of sulfone groups is 3. The van der Waals surface area contributed by atoms with E-state index in [4.69, 9.17) is 0 Å². The Bertz CT molecular complexity index is 1250. The van der Waals surface area contributed by atoms with Gasteiger partial charge in [0.25, 0.3) is 11.8 Å². The first-order valence-electron chi connectivity index (χ1n) is 10.4. The molecule has 0 atom stereocenters. The molecule has 0 N–H and O–H groups in total. The molecule has 1 fully saturated rings. The number of hydroxylamine groups is 2.